The fourth-order valence-electron chi connectivity index (χ4n) is 4.46. The number of amidine groups is 1. The minimum absolute atomic E-state index is 0.0250. The zero-order valence-electron chi connectivity index (χ0n) is 20.0. The number of aromatic nitrogens is 1. The molecule has 2 N–H and O–H groups in total. The van der Waals surface area contributed by atoms with Gasteiger partial charge in [0, 0.05) is 52.4 Å². The number of halogens is 1. The molecule has 182 valence electrons. The molecule has 1 atom stereocenters. The number of amides is 1. The first-order valence-corrected chi connectivity index (χ1v) is 12.2. The lowest BCUT2D eigenvalue weighted by atomic mass is 10.1. The number of hydrogen-bond donors (Lipinski definition) is 2. The van der Waals surface area contributed by atoms with Gasteiger partial charge in [-0.15, -0.1) is 5.10 Å². The van der Waals surface area contributed by atoms with Crippen molar-refractivity contribution in [2.45, 2.75) is 32.9 Å². The number of hydrogen-bond acceptors (Lipinski definition) is 5. The van der Waals surface area contributed by atoms with E-state index in [2.05, 4.69) is 16.4 Å². The number of ketones is 1. The summed E-state index contributed by atoms with van der Waals surface area (Å²) in [5, 5.41) is 11.2. The highest BCUT2D eigenvalue weighted by molar-refractivity contribution is 6.44. The summed E-state index contributed by atoms with van der Waals surface area (Å²) < 4.78 is 0. The number of nitrogens with one attached hydrogen (secondary N) is 2. The molecule has 8 heteroatoms. The van der Waals surface area contributed by atoms with Crippen molar-refractivity contribution in [1.82, 2.24) is 4.98 Å². The van der Waals surface area contributed by atoms with Crippen LogP contribution in [-0.2, 0) is 9.59 Å². The van der Waals surface area contributed by atoms with Crippen molar-refractivity contribution in [3.63, 3.8) is 0 Å². The Morgan fingerprint density at radius 2 is 1.69 bits per heavy atom. The highest BCUT2D eigenvalue weighted by Gasteiger charge is 2.40. The Morgan fingerprint density at radius 1 is 1.00 bits per heavy atom. The van der Waals surface area contributed by atoms with Gasteiger partial charge in [0.1, 0.15) is 0 Å². The van der Waals surface area contributed by atoms with Gasteiger partial charge in [0.05, 0.1) is 5.69 Å². The topological polar surface area (TPSA) is 80.8 Å². The Kier molecular flexibility index (Phi) is 6.48. The number of fused-ring (bicyclic) bond motifs is 1. The van der Waals surface area contributed by atoms with E-state index in [1.165, 1.54) is 6.92 Å². The summed E-state index contributed by atoms with van der Waals surface area (Å²) in [6, 6.07) is 22.9. The summed E-state index contributed by atoms with van der Waals surface area (Å²) in [5.41, 5.74) is 4.26. The van der Waals surface area contributed by atoms with E-state index >= 15 is 0 Å². The predicted molar refractivity (Wildman–Crippen MR) is 146 cm³/mol. The monoisotopic (exact) mass is 499 g/mol. The van der Waals surface area contributed by atoms with Crippen LogP contribution in [0.25, 0.3) is 10.9 Å². The molecular weight excluding hydrogens is 474 g/mol. The van der Waals surface area contributed by atoms with Crippen molar-refractivity contribution in [1.29, 1.82) is 0 Å². The molecule has 1 aliphatic heterocycles. The lowest BCUT2D eigenvalue weighted by Gasteiger charge is -2.31. The van der Waals surface area contributed by atoms with Crippen molar-refractivity contribution in [3.8, 4) is 0 Å². The van der Waals surface area contributed by atoms with Gasteiger partial charge in [-0.2, -0.15) is 0 Å². The third-order valence-corrected chi connectivity index (χ3v) is 6.37. The molecule has 1 aliphatic rings. The van der Waals surface area contributed by atoms with E-state index in [1.54, 1.807) is 0 Å². The highest BCUT2D eigenvalue weighted by atomic mass is 35.5. The third-order valence-electron chi connectivity index (χ3n) is 6.12. The minimum atomic E-state index is -0.429. The van der Waals surface area contributed by atoms with Crippen LogP contribution in [0.3, 0.4) is 0 Å². The van der Waals surface area contributed by atoms with E-state index in [-0.39, 0.29) is 11.7 Å². The Labute approximate surface area is 214 Å². The summed E-state index contributed by atoms with van der Waals surface area (Å²) in [6.07, 6.45) is 2.78. The molecule has 0 fully saturated rings. The molecule has 0 radical (unpaired) electrons. The zero-order valence-corrected chi connectivity index (χ0v) is 20.8. The van der Waals surface area contributed by atoms with Crippen LogP contribution in [0.1, 0.15) is 38.4 Å². The van der Waals surface area contributed by atoms with Crippen molar-refractivity contribution in [3.05, 3.63) is 89.6 Å². The standard InChI is InChI=1S/C28H26ClN5O2/c1-3-6-26(36)31-20-11-15-21(16-12-20)33-27(18(2)35)32-34(22-13-9-19(29)10-14-22)28(33)24-17-30-25-8-5-4-7-23(24)25/h4-5,7-17,28,30H,3,6H2,1-2H3,(H,31,36)/t28-/m1/s1. The Balaban J connectivity index is 1.62. The third kappa shape index (κ3) is 4.45. The number of benzene rings is 3. The van der Waals surface area contributed by atoms with E-state index in [9.17, 15) is 9.59 Å². The number of rotatable bonds is 7. The molecule has 4 aromatic rings. The number of para-hydroxylation sites is 1. The SMILES string of the molecule is CCCC(=O)Nc1ccc(N2C(C(C)=O)=NN(c3ccc(Cl)cc3)[C@@H]2c2c[nH]c3ccccc23)cc1. The van der Waals surface area contributed by atoms with Crippen LogP contribution in [0.5, 0.6) is 0 Å². The molecule has 0 aliphatic carbocycles. The first-order chi connectivity index (χ1) is 17.5. The van der Waals surface area contributed by atoms with Gasteiger partial charge in [0.25, 0.3) is 0 Å². The van der Waals surface area contributed by atoms with Crippen LogP contribution < -0.4 is 15.2 Å². The van der Waals surface area contributed by atoms with Gasteiger partial charge < -0.3 is 10.3 Å². The molecule has 36 heavy (non-hydrogen) atoms. The van der Waals surface area contributed by atoms with Crippen LogP contribution in [0.4, 0.5) is 17.1 Å². The number of nitrogens with zero attached hydrogens (tertiary/aromatic N) is 3. The van der Waals surface area contributed by atoms with Gasteiger partial charge in [-0.25, -0.2) is 5.01 Å². The summed E-state index contributed by atoms with van der Waals surface area (Å²) in [7, 11) is 0. The smallest absolute Gasteiger partial charge is 0.224 e. The van der Waals surface area contributed by atoms with Gasteiger partial charge in [0.2, 0.25) is 5.91 Å². The summed E-state index contributed by atoms with van der Waals surface area (Å²) >= 11 is 6.15. The van der Waals surface area contributed by atoms with Crippen LogP contribution in [0, 0.1) is 0 Å². The van der Waals surface area contributed by atoms with Crippen LogP contribution in [-0.4, -0.2) is 22.5 Å². The largest absolute Gasteiger partial charge is 0.361 e. The lowest BCUT2D eigenvalue weighted by molar-refractivity contribution is -0.116. The maximum absolute atomic E-state index is 12.8. The average molecular weight is 500 g/mol. The Morgan fingerprint density at radius 3 is 2.39 bits per heavy atom. The number of carbonyl (C=O) groups excluding carboxylic acids is 2. The van der Waals surface area contributed by atoms with Crippen LogP contribution in [0.15, 0.2) is 84.1 Å². The average Bonchev–Trinajstić information content (AvgIpc) is 3.47. The number of aromatic amines is 1. The number of H-pyrrole nitrogens is 1. The van der Waals surface area contributed by atoms with Crippen molar-refractivity contribution < 1.29 is 9.59 Å². The van der Waals surface area contributed by atoms with E-state index in [0.717, 1.165) is 34.3 Å². The molecule has 0 saturated carbocycles. The molecule has 1 aromatic heterocycles. The van der Waals surface area contributed by atoms with E-state index in [1.807, 2.05) is 89.8 Å². The van der Waals surface area contributed by atoms with Crippen LogP contribution in [0.2, 0.25) is 5.02 Å². The molecule has 0 saturated heterocycles. The Bertz CT molecular complexity index is 1440. The van der Waals surface area contributed by atoms with Gasteiger partial charge in [-0.1, -0.05) is 36.7 Å². The van der Waals surface area contributed by atoms with Crippen molar-refractivity contribution in [2.24, 2.45) is 5.10 Å². The zero-order chi connectivity index (χ0) is 25.2. The minimum Gasteiger partial charge on any atom is -0.361 e. The van der Waals surface area contributed by atoms with Crippen molar-refractivity contribution in [2.75, 3.05) is 15.2 Å². The highest BCUT2D eigenvalue weighted by Crippen LogP contribution is 2.41. The summed E-state index contributed by atoms with van der Waals surface area (Å²) in [5.74, 6) is 0.141. The number of hydrazone groups is 1. The normalized spacial score (nSPS) is 15.3. The molecule has 0 spiro atoms. The number of anilines is 3. The molecule has 0 unspecified atom stereocenters. The molecule has 1 amide bonds. The fraction of sp³-hybridized carbons (Fsp3) is 0.179. The molecule has 0 bridgehead atoms. The quantitative estimate of drug-likeness (QED) is 0.304. The number of Topliss-reactive ketones (excluding diaryl/α,β-unsaturated/α-hetero) is 1. The number of carbonyl (C=O) groups is 2. The maximum Gasteiger partial charge on any atom is 0.224 e. The van der Waals surface area contributed by atoms with Gasteiger partial charge >= 0.3 is 0 Å². The fourth-order valence-corrected chi connectivity index (χ4v) is 4.59. The molecular formula is C28H26ClN5O2. The van der Waals surface area contributed by atoms with Crippen LogP contribution >= 0.6 is 11.6 Å². The summed E-state index contributed by atoms with van der Waals surface area (Å²) in [6.45, 7) is 3.48. The van der Waals surface area contributed by atoms with E-state index in [0.29, 0.717) is 23.0 Å². The predicted octanol–water partition coefficient (Wildman–Crippen LogP) is 6.49. The lowest BCUT2D eigenvalue weighted by Crippen LogP contribution is -2.37. The molecule has 7 nitrogen and oxygen atoms in total. The van der Waals surface area contributed by atoms with Gasteiger partial charge in [0.15, 0.2) is 17.8 Å². The second kappa shape index (κ2) is 9.87. The molecule has 2 heterocycles. The second-order valence-electron chi connectivity index (χ2n) is 8.68. The second-order valence-corrected chi connectivity index (χ2v) is 9.12. The molecule has 5 rings (SSSR count). The first-order valence-electron chi connectivity index (χ1n) is 11.9. The van der Waals surface area contributed by atoms with Gasteiger partial charge in [-0.05, 0) is 61.0 Å². The first kappa shape index (κ1) is 23.6. The van der Waals surface area contributed by atoms with Crippen molar-refractivity contribution >= 4 is 57.1 Å². The van der Waals surface area contributed by atoms with Gasteiger partial charge in [-0.3, -0.25) is 14.5 Å². The Hall–Kier alpha value is -4.10. The maximum atomic E-state index is 12.8. The molecule has 3 aromatic carbocycles. The summed E-state index contributed by atoms with van der Waals surface area (Å²) in [4.78, 5) is 30.2. The van der Waals surface area contributed by atoms with E-state index < -0.39 is 6.17 Å². The van der Waals surface area contributed by atoms with E-state index in [4.69, 9.17) is 16.7 Å².